The molecule has 4 aromatic rings. The van der Waals surface area contributed by atoms with Gasteiger partial charge in [0.1, 0.15) is 0 Å². The molecule has 42 heavy (non-hydrogen) atoms. The predicted octanol–water partition coefficient (Wildman–Crippen LogP) is 9.09. The van der Waals surface area contributed by atoms with E-state index in [0.717, 1.165) is 55.2 Å². The number of Topliss-reactive ketones (excluding diaryl/α,β-unsaturated/α-hetero) is 2. The Kier molecular flexibility index (Phi) is 8.57. The van der Waals surface area contributed by atoms with Crippen molar-refractivity contribution in [3.63, 3.8) is 0 Å². The highest BCUT2D eigenvalue weighted by Gasteiger charge is 2.50. The molecular weight excluding hydrogens is 512 g/mol. The maximum atomic E-state index is 14.6. The minimum atomic E-state index is -0.376. The lowest BCUT2D eigenvalue weighted by atomic mass is 9.58. The standard InChI is InChI=1S/C40H36O2/c41-39(31-22-11-4-12-23-31)37-34-28-16-27-33(34)36(30-20-9-3-10-21-30)38(40(42)32-24-13-5-14-25-32)35(37)26-15-2-8-19-29-17-6-1-7-18-29/h1,3-7,9-14,17-18,20-25,34-35,37-38H,2,15-16,26-28H2/t34-,35-,37-,38+/m0/s1. The van der Waals surface area contributed by atoms with Crippen molar-refractivity contribution >= 4 is 17.1 Å². The van der Waals surface area contributed by atoms with Gasteiger partial charge in [-0.15, -0.1) is 0 Å². The Morgan fingerprint density at radius 1 is 0.690 bits per heavy atom. The third kappa shape index (κ3) is 5.79. The molecular formula is C40H36O2. The number of rotatable bonds is 8. The second-order valence-electron chi connectivity index (χ2n) is 11.5. The van der Waals surface area contributed by atoms with Crippen molar-refractivity contribution in [1.82, 2.24) is 0 Å². The number of allylic oxidation sites excluding steroid dienone is 2. The molecule has 2 heteroatoms. The summed E-state index contributed by atoms with van der Waals surface area (Å²) in [5.74, 6) is 6.39. The molecule has 0 amide bonds. The first-order valence-electron chi connectivity index (χ1n) is 15.2. The van der Waals surface area contributed by atoms with Gasteiger partial charge in [-0.2, -0.15) is 0 Å². The lowest BCUT2D eigenvalue weighted by molar-refractivity contribution is 0.0705. The highest BCUT2D eigenvalue weighted by atomic mass is 16.1. The molecule has 1 saturated carbocycles. The fraction of sp³-hybridized carbons (Fsp3) is 0.250. The summed E-state index contributed by atoms with van der Waals surface area (Å²) in [6.07, 6.45) is 5.33. The van der Waals surface area contributed by atoms with Crippen molar-refractivity contribution in [3.05, 3.63) is 149 Å². The van der Waals surface area contributed by atoms with Crippen molar-refractivity contribution in [2.24, 2.45) is 23.7 Å². The van der Waals surface area contributed by atoms with Gasteiger partial charge in [-0.25, -0.2) is 0 Å². The number of carbonyl (C=O) groups is 2. The van der Waals surface area contributed by atoms with E-state index in [4.69, 9.17) is 0 Å². The number of hydrogen-bond donors (Lipinski definition) is 0. The molecule has 0 N–H and O–H groups in total. The van der Waals surface area contributed by atoms with Crippen LogP contribution >= 0.6 is 0 Å². The average Bonchev–Trinajstić information content (AvgIpc) is 3.54. The van der Waals surface area contributed by atoms with Crippen LogP contribution in [0.5, 0.6) is 0 Å². The first-order valence-corrected chi connectivity index (χ1v) is 15.2. The van der Waals surface area contributed by atoms with E-state index in [0.29, 0.717) is 5.56 Å². The quantitative estimate of drug-likeness (QED) is 0.125. The lowest BCUT2D eigenvalue weighted by Gasteiger charge is -2.43. The van der Waals surface area contributed by atoms with Crippen LogP contribution in [0.1, 0.15) is 70.4 Å². The molecule has 0 heterocycles. The van der Waals surface area contributed by atoms with Crippen LogP contribution in [0.4, 0.5) is 0 Å². The molecule has 2 aliphatic carbocycles. The number of unbranched alkanes of at least 4 members (excludes halogenated alkanes) is 1. The normalized spacial score (nSPS) is 21.2. The van der Waals surface area contributed by atoms with Gasteiger partial charge in [0, 0.05) is 29.0 Å². The summed E-state index contributed by atoms with van der Waals surface area (Å²) in [4.78, 5) is 29.0. The van der Waals surface area contributed by atoms with Crippen molar-refractivity contribution in [1.29, 1.82) is 0 Å². The fourth-order valence-corrected chi connectivity index (χ4v) is 7.24. The Labute approximate surface area is 249 Å². The molecule has 0 saturated heterocycles. The van der Waals surface area contributed by atoms with Gasteiger partial charge < -0.3 is 0 Å². The number of hydrogen-bond acceptors (Lipinski definition) is 2. The van der Waals surface area contributed by atoms with Crippen LogP contribution in [0.15, 0.2) is 127 Å². The second kappa shape index (κ2) is 13.0. The number of fused-ring (bicyclic) bond motifs is 1. The van der Waals surface area contributed by atoms with Crippen molar-refractivity contribution < 1.29 is 9.59 Å². The number of carbonyl (C=O) groups excluding carboxylic acids is 2. The highest BCUT2D eigenvalue weighted by Crippen LogP contribution is 2.55. The first-order chi connectivity index (χ1) is 20.7. The molecule has 0 bridgehead atoms. The zero-order valence-electron chi connectivity index (χ0n) is 23.9. The van der Waals surface area contributed by atoms with Gasteiger partial charge >= 0.3 is 0 Å². The first kappa shape index (κ1) is 27.7. The van der Waals surface area contributed by atoms with E-state index in [1.54, 1.807) is 0 Å². The summed E-state index contributed by atoms with van der Waals surface area (Å²) < 4.78 is 0. The molecule has 0 aliphatic heterocycles. The maximum absolute atomic E-state index is 14.6. The Morgan fingerprint density at radius 2 is 1.26 bits per heavy atom. The zero-order chi connectivity index (χ0) is 28.7. The van der Waals surface area contributed by atoms with Crippen LogP contribution in [0.25, 0.3) is 5.57 Å². The van der Waals surface area contributed by atoms with Gasteiger partial charge in [0.2, 0.25) is 0 Å². The van der Waals surface area contributed by atoms with Gasteiger partial charge in [-0.3, -0.25) is 9.59 Å². The van der Waals surface area contributed by atoms with E-state index in [-0.39, 0.29) is 35.2 Å². The van der Waals surface area contributed by atoms with E-state index < -0.39 is 0 Å². The predicted molar refractivity (Wildman–Crippen MR) is 170 cm³/mol. The molecule has 208 valence electrons. The number of ketones is 2. The summed E-state index contributed by atoms with van der Waals surface area (Å²) in [5, 5.41) is 0. The summed E-state index contributed by atoms with van der Waals surface area (Å²) in [7, 11) is 0. The highest BCUT2D eigenvalue weighted by molar-refractivity contribution is 6.07. The van der Waals surface area contributed by atoms with Crippen LogP contribution in [0.3, 0.4) is 0 Å². The van der Waals surface area contributed by atoms with E-state index >= 15 is 0 Å². The molecule has 2 nitrogen and oxygen atoms in total. The third-order valence-electron chi connectivity index (χ3n) is 9.02. The SMILES string of the molecule is O=C(c1ccccc1)[C@H]1C(c2ccccc2)=C2CCC[C@@H]2[C@H](C(=O)c2ccccc2)[C@@H]1CCCC#Cc1ccccc1. The Hall–Kier alpha value is -4.48. The lowest BCUT2D eigenvalue weighted by Crippen LogP contribution is -2.42. The van der Waals surface area contributed by atoms with E-state index in [2.05, 4.69) is 36.1 Å². The van der Waals surface area contributed by atoms with Crippen LogP contribution in [-0.4, -0.2) is 11.6 Å². The van der Waals surface area contributed by atoms with Crippen LogP contribution in [-0.2, 0) is 0 Å². The monoisotopic (exact) mass is 548 g/mol. The summed E-state index contributed by atoms with van der Waals surface area (Å²) >= 11 is 0. The Bertz CT molecular complexity index is 1610. The van der Waals surface area contributed by atoms with Crippen LogP contribution in [0, 0.1) is 35.5 Å². The summed E-state index contributed by atoms with van der Waals surface area (Å²) in [5.41, 5.74) is 6.08. The van der Waals surface area contributed by atoms with Crippen molar-refractivity contribution in [2.75, 3.05) is 0 Å². The molecule has 0 aromatic heterocycles. The second-order valence-corrected chi connectivity index (χ2v) is 11.5. The minimum absolute atomic E-state index is 0.106. The molecule has 1 fully saturated rings. The van der Waals surface area contributed by atoms with E-state index in [9.17, 15) is 9.59 Å². The molecule has 4 atom stereocenters. The third-order valence-corrected chi connectivity index (χ3v) is 9.02. The van der Waals surface area contributed by atoms with Crippen LogP contribution in [0.2, 0.25) is 0 Å². The number of benzene rings is 4. The Morgan fingerprint density at radius 3 is 1.90 bits per heavy atom. The van der Waals surface area contributed by atoms with Gasteiger partial charge in [0.15, 0.2) is 11.6 Å². The fourth-order valence-electron chi connectivity index (χ4n) is 7.24. The molecule has 2 aliphatic rings. The van der Waals surface area contributed by atoms with Crippen LogP contribution < -0.4 is 0 Å². The van der Waals surface area contributed by atoms with Gasteiger partial charge in [-0.1, -0.05) is 127 Å². The molecule has 0 radical (unpaired) electrons. The molecule has 4 aromatic carbocycles. The molecule has 6 rings (SSSR count). The van der Waals surface area contributed by atoms with Crippen molar-refractivity contribution in [3.8, 4) is 11.8 Å². The largest absolute Gasteiger partial charge is 0.294 e. The van der Waals surface area contributed by atoms with E-state index in [1.807, 2.05) is 97.1 Å². The topological polar surface area (TPSA) is 34.1 Å². The molecule has 0 unspecified atom stereocenters. The zero-order valence-corrected chi connectivity index (χ0v) is 23.9. The maximum Gasteiger partial charge on any atom is 0.170 e. The average molecular weight is 549 g/mol. The van der Waals surface area contributed by atoms with Gasteiger partial charge in [0.25, 0.3) is 0 Å². The summed E-state index contributed by atoms with van der Waals surface area (Å²) in [6.45, 7) is 0. The van der Waals surface area contributed by atoms with Crippen molar-refractivity contribution in [2.45, 2.75) is 38.5 Å². The smallest absolute Gasteiger partial charge is 0.170 e. The van der Waals surface area contributed by atoms with Gasteiger partial charge in [0.05, 0.1) is 5.92 Å². The van der Waals surface area contributed by atoms with Gasteiger partial charge in [-0.05, 0) is 67.2 Å². The summed E-state index contributed by atoms with van der Waals surface area (Å²) in [6, 6.07) is 39.9. The Balaban J connectivity index is 1.44. The minimum Gasteiger partial charge on any atom is -0.294 e. The molecule has 0 spiro atoms. The van der Waals surface area contributed by atoms with E-state index in [1.165, 1.54) is 11.1 Å².